The van der Waals surface area contributed by atoms with Gasteiger partial charge in [0.25, 0.3) is 0 Å². The van der Waals surface area contributed by atoms with E-state index in [0.29, 0.717) is 17.4 Å². The highest BCUT2D eigenvalue weighted by molar-refractivity contribution is 5.77. The molecule has 0 spiro atoms. The fourth-order valence-corrected chi connectivity index (χ4v) is 2.04. The molecular formula is C16H10F3NO. The number of rotatable bonds is 3. The van der Waals surface area contributed by atoms with Gasteiger partial charge in [-0.25, -0.2) is 0 Å². The van der Waals surface area contributed by atoms with E-state index >= 15 is 0 Å². The lowest BCUT2D eigenvalue weighted by Crippen LogP contribution is -2.07. The standard InChI is InChI=1S/C16H10F3NO/c17-16(18,19)15-6-5-13(10-21)14(8-15)7-11-3-1-2-4-12(11)9-20/h1-6,8,10H,7H2. The third kappa shape index (κ3) is 3.29. The second kappa shape index (κ2) is 5.80. The molecule has 0 aliphatic heterocycles. The molecule has 0 atom stereocenters. The van der Waals surface area contributed by atoms with Gasteiger partial charge in [-0.2, -0.15) is 18.4 Å². The molecule has 0 radical (unpaired) electrons. The van der Waals surface area contributed by atoms with E-state index < -0.39 is 11.7 Å². The third-order valence-electron chi connectivity index (χ3n) is 3.12. The van der Waals surface area contributed by atoms with Crippen LogP contribution in [0, 0.1) is 11.3 Å². The first-order chi connectivity index (χ1) is 9.95. The fraction of sp³-hybridized carbons (Fsp3) is 0.125. The van der Waals surface area contributed by atoms with Crippen LogP contribution in [0.15, 0.2) is 42.5 Å². The molecule has 2 nitrogen and oxygen atoms in total. The lowest BCUT2D eigenvalue weighted by atomic mass is 9.95. The number of carbonyl (C=O) groups is 1. The molecule has 5 heteroatoms. The topological polar surface area (TPSA) is 40.9 Å². The second-order valence-electron chi connectivity index (χ2n) is 4.47. The van der Waals surface area contributed by atoms with Crippen LogP contribution >= 0.6 is 0 Å². The van der Waals surface area contributed by atoms with E-state index in [2.05, 4.69) is 0 Å². The summed E-state index contributed by atoms with van der Waals surface area (Å²) in [6.07, 6.45) is -3.85. The Morgan fingerprint density at radius 2 is 1.81 bits per heavy atom. The summed E-state index contributed by atoms with van der Waals surface area (Å²) < 4.78 is 38.2. The summed E-state index contributed by atoms with van der Waals surface area (Å²) in [5, 5.41) is 9.01. The summed E-state index contributed by atoms with van der Waals surface area (Å²) in [5.74, 6) is 0. The van der Waals surface area contributed by atoms with E-state index in [0.717, 1.165) is 18.2 Å². The number of benzene rings is 2. The van der Waals surface area contributed by atoms with Crippen LogP contribution in [-0.4, -0.2) is 6.29 Å². The van der Waals surface area contributed by atoms with Crippen LogP contribution in [0.25, 0.3) is 0 Å². The number of carbonyl (C=O) groups excluding carboxylic acids is 1. The van der Waals surface area contributed by atoms with Gasteiger partial charge >= 0.3 is 6.18 Å². The van der Waals surface area contributed by atoms with Crippen molar-refractivity contribution in [1.29, 1.82) is 5.26 Å². The molecule has 0 aromatic heterocycles. The van der Waals surface area contributed by atoms with Gasteiger partial charge < -0.3 is 0 Å². The van der Waals surface area contributed by atoms with Gasteiger partial charge in [-0.3, -0.25) is 4.79 Å². The van der Waals surface area contributed by atoms with Crippen LogP contribution in [0.2, 0.25) is 0 Å². The largest absolute Gasteiger partial charge is 0.416 e. The monoisotopic (exact) mass is 289 g/mol. The van der Waals surface area contributed by atoms with Gasteiger partial charge in [-0.05, 0) is 35.7 Å². The number of nitrogens with zero attached hydrogens (tertiary/aromatic N) is 1. The van der Waals surface area contributed by atoms with Crippen molar-refractivity contribution >= 4 is 6.29 Å². The molecule has 0 saturated heterocycles. The average Bonchev–Trinajstić information content (AvgIpc) is 2.47. The molecule has 2 aromatic carbocycles. The van der Waals surface area contributed by atoms with Crippen LogP contribution in [0.4, 0.5) is 13.2 Å². The fourth-order valence-electron chi connectivity index (χ4n) is 2.04. The maximum absolute atomic E-state index is 12.7. The van der Waals surface area contributed by atoms with E-state index in [4.69, 9.17) is 5.26 Å². The predicted octanol–water partition coefficient (Wildman–Crippen LogP) is 3.98. The van der Waals surface area contributed by atoms with Crippen molar-refractivity contribution < 1.29 is 18.0 Å². The summed E-state index contributed by atoms with van der Waals surface area (Å²) in [4.78, 5) is 11.0. The van der Waals surface area contributed by atoms with E-state index in [-0.39, 0.29) is 17.5 Å². The van der Waals surface area contributed by atoms with E-state index in [1.807, 2.05) is 6.07 Å². The SMILES string of the molecule is N#Cc1ccccc1Cc1cc(C(F)(F)F)ccc1C=O. The van der Waals surface area contributed by atoms with Gasteiger partial charge in [0, 0.05) is 5.56 Å². The molecule has 0 fully saturated rings. The molecule has 2 aromatic rings. The number of halogens is 3. The maximum atomic E-state index is 12.7. The molecule has 0 heterocycles. The van der Waals surface area contributed by atoms with Gasteiger partial charge in [-0.1, -0.05) is 24.3 Å². The zero-order valence-electron chi connectivity index (χ0n) is 10.8. The predicted molar refractivity (Wildman–Crippen MR) is 70.8 cm³/mol. The normalized spacial score (nSPS) is 11.0. The molecule has 21 heavy (non-hydrogen) atoms. The van der Waals surface area contributed by atoms with Crippen molar-refractivity contribution in [3.63, 3.8) is 0 Å². The number of aldehydes is 1. The highest BCUT2D eigenvalue weighted by Gasteiger charge is 2.30. The van der Waals surface area contributed by atoms with E-state index in [1.165, 1.54) is 0 Å². The number of alkyl halides is 3. The summed E-state index contributed by atoms with van der Waals surface area (Å²) >= 11 is 0. The highest BCUT2D eigenvalue weighted by Crippen LogP contribution is 2.31. The first kappa shape index (κ1) is 14.8. The Balaban J connectivity index is 2.48. The molecule has 0 aliphatic rings. The molecule has 0 N–H and O–H groups in total. The van der Waals surface area contributed by atoms with Crippen molar-refractivity contribution in [2.75, 3.05) is 0 Å². The molecule has 0 unspecified atom stereocenters. The first-order valence-corrected chi connectivity index (χ1v) is 6.09. The Morgan fingerprint density at radius 3 is 2.43 bits per heavy atom. The minimum Gasteiger partial charge on any atom is -0.298 e. The van der Waals surface area contributed by atoms with Gasteiger partial charge in [0.1, 0.15) is 6.29 Å². The summed E-state index contributed by atoms with van der Waals surface area (Å²) in [6, 6.07) is 11.6. The quantitative estimate of drug-likeness (QED) is 0.802. The number of hydrogen-bond donors (Lipinski definition) is 0. The minimum atomic E-state index is -4.47. The summed E-state index contributed by atoms with van der Waals surface area (Å²) in [5.41, 5.74) is 0.602. The third-order valence-corrected chi connectivity index (χ3v) is 3.12. The maximum Gasteiger partial charge on any atom is 0.416 e. The second-order valence-corrected chi connectivity index (χ2v) is 4.47. The molecule has 0 saturated carbocycles. The first-order valence-electron chi connectivity index (χ1n) is 6.09. The van der Waals surface area contributed by atoms with E-state index in [9.17, 15) is 18.0 Å². The molecule has 0 aliphatic carbocycles. The minimum absolute atomic E-state index is 0.0989. The Hall–Kier alpha value is -2.61. The zero-order valence-corrected chi connectivity index (χ0v) is 10.8. The molecule has 0 bridgehead atoms. The van der Waals surface area contributed by atoms with Gasteiger partial charge in [-0.15, -0.1) is 0 Å². The van der Waals surface area contributed by atoms with Gasteiger partial charge in [0.05, 0.1) is 17.2 Å². The summed E-state index contributed by atoms with van der Waals surface area (Å²) in [7, 11) is 0. The highest BCUT2D eigenvalue weighted by atomic mass is 19.4. The van der Waals surface area contributed by atoms with Crippen molar-refractivity contribution in [3.8, 4) is 6.07 Å². The molecule has 106 valence electrons. The Labute approximate surface area is 119 Å². The van der Waals surface area contributed by atoms with Gasteiger partial charge in [0.2, 0.25) is 0 Å². The van der Waals surface area contributed by atoms with Crippen LogP contribution < -0.4 is 0 Å². The van der Waals surface area contributed by atoms with E-state index in [1.54, 1.807) is 24.3 Å². The lowest BCUT2D eigenvalue weighted by Gasteiger charge is -2.11. The molecule has 2 rings (SSSR count). The Bertz CT molecular complexity index is 714. The number of nitriles is 1. The average molecular weight is 289 g/mol. The number of hydrogen-bond acceptors (Lipinski definition) is 2. The van der Waals surface area contributed by atoms with Crippen molar-refractivity contribution in [1.82, 2.24) is 0 Å². The zero-order chi connectivity index (χ0) is 15.5. The van der Waals surface area contributed by atoms with Crippen LogP contribution in [0.5, 0.6) is 0 Å². The van der Waals surface area contributed by atoms with Crippen molar-refractivity contribution in [2.45, 2.75) is 12.6 Å². The van der Waals surface area contributed by atoms with Crippen molar-refractivity contribution in [2.24, 2.45) is 0 Å². The van der Waals surface area contributed by atoms with Crippen molar-refractivity contribution in [3.05, 3.63) is 70.3 Å². The van der Waals surface area contributed by atoms with Crippen LogP contribution in [-0.2, 0) is 12.6 Å². The Kier molecular flexibility index (Phi) is 4.08. The van der Waals surface area contributed by atoms with Crippen LogP contribution in [0.3, 0.4) is 0 Å². The molecular weight excluding hydrogens is 279 g/mol. The van der Waals surface area contributed by atoms with Crippen LogP contribution in [0.1, 0.15) is 32.6 Å². The van der Waals surface area contributed by atoms with Gasteiger partial charge in [0.15, 0.2) is 0 Å². The smallest absolute Gasteiger partial charge is 0.298 e. The summed E-state index contributed by atoms with van der Waals surface area (Å²) in [6.45, 7) is 0. The Morgan fingerprint density at radius 1 is 1.10 bits per heavy atom. The lowest BCUT2D eigenvalue weighted by molar-refractivity contribution is -0.137. The molecule has 0 amide bonds.